The van der Waals surface area contributed by atoms with Gasteiger partial charge in [0.1, 0.15) is 11.2 Å². The average Bonchev–Trinajstić information content (AvgIpc) is 4.15. The summed E-state index contributed by atoms with van der Waals surface area (Å²) in [5.74, 6) is 0.683. The number of aromatic nitrogens is 3. The summed E-state index contributed by atoms with van der Waals surface area (Å²) < 4.78 is 9.13. The van der Waals surface area contributed by atoms with E-state index in [1.807, 2.05) is 24.3 Å². The molecule has 0 fully saturated rings. The Balaban J connectivity index is 0.950. The number of fused-ring (bicyclic) bond motifs is 17. The lowest BCUT2D eigenvalue weighted by atomic mass is 9.70. The third-order valence-corrected chi connectivity index (χ3v) is 14.8. The lowest BCUT2D eigenvalue weighted by Gasteiger charge is -2.30. The molecule has 0 saturated heterocycles. The monoisotopic (exact) mass is 877 g/mol. The van der Waals surface area contributed by atoms with E-state index in [0.29, 0.717) is 5.82 Å². The first-order valence-corrected chi connectivity index (χ1v) is 23.6. The largest absolute Gasteiger partial charge is 0.456 e. The first-order valence-electron chi connectivity index (χ1n) is 23.6. The van der Waals surface area contributed by atoms with Gasteiger partial charge >= 0.3 is 0 Å². The maximum atomic E-state index is 6.62. The normalized spacial score (nSPS) is 13.0. The zero-order valence-electron chi connectivity index (χ0n) is 37.3. The van der Waals surface area contributed by atoms with Gasteiger partial charge in [-0.15, -0.1) is 0 Å². The highest BCUT2D eigenvalue weighted by Crippen LogP contribution is 2.64. The Hall–Kier alpha value is -9.12. The molecular weight excluding hydrogens is 839 g/mol. The third-order valence-electron chi connectivity index (χ3n) is 14.8. The molecule has 2 aliphatic carbocycles. The first-order chi connectivity index (χ1) is 34.2. The lowest BCUT2D eigenvalue weighted by molar-refractivity contribution is 0.669. The molecule has 1 spiro atoms. The zero-order valence-corrected chi connectivity index (χ0v) is 37.3. The van der Waals surface area contributed by atoms with E-state index < -0.39 is 5.41 Å². The van der Waals surface area contributed by atoms with Crippen LogP contribution in [0.15, 0.2) is 241 Å². The van der Waals surface area contributed by atoms with Crippen molar-refractivity contribution in [1.29, 1.82) is 0 Å². The van der Waals surface area contributed by atoms with Crippen molar-refractivity contribution in [3.05, 3.63) is 259 Å². The van der Waals surface area contributed by atoms with Crippen LogP contribution in [0.4, 0.5) is 0 Å². The van der Waals surface area contributed by atoms with Crippen molar-refractivity contribution in [2.24, 2.45) is 0 Å². The second-order valence-electron chi connectivity index (χ2n) is 18.4. The second-order valence-corrected chi connectivity index (χ2v) is 18.4. The molecule has 10 aromatic carbocycles. The summed E-state index contributed by atoms with van der Waals surface area (Å²) in [4.78, 5) is 10.3. The number of hydrogen-bond donors (Lipinski definition) is 0. The van der Waals surface area contributed by atoms with Gasteiger partial charge in [-0.05, 0) is 98.6 Å². The van der Waals surface area contributed by atoms with Gasteiger partial charge < -0.3 is 8.98 Å². The molecule has 0 aliphatic heterocycles. The third kappa shape index (κ3) is 5.34. The van der Waals surface area contributed by atoms with E-state index in [-0.39, 0.29) is 0 Å². The Morgan fingerprint density at radius 1 is 0.362 bits per heavy atom. The fourth-order valence-corrected chi connectivity index (χ4v) is 12.0. The number of rotatable bonds is 5. The van der Waals surface area contributed by atoms with Gasteiger partial charge in [0, 0.05) is 49.5 Å². The summed E-state index contributed by atoms with van der Waals surface area (Å²) in [5.41, 5.74) is 22.3. The molecule has 0 amide bonds. The molecule has 3 aromatic heterocycles. The molecule has 2 aliphatic rings. The molecule has 13 aromatic rings. The van der Waals surface area contributed by atoms with Crippen molar-refractivity contribution in [2.45, 2.75) is 5.41 Å². The number of hydrogen-bond acceptors (Lipinski definition) is 3. The van der Waals surface area contributed by atoms with Gasteiger partial charge in [0.25, 0.3) is 0 Å². The maximum absolute atomic E-state index is 6.62. The molecule has 4 nitrogen and oxygen atoms in total. The van der Waals surface area contributed by atoms with Crippen molar-refractivity contribution in [2.75, 3.05) is 0 Å². The van der Waals surface area contributed by atoms with E-state index in [4.69, 9.17) is 14.4 Å². The van der Waals surface area contributed by atoms with Crippen LogP contribution < -0.4 is 0 Å². The van der Waals surface area contributed by atoms with E-state index in [2.05, 4.69) is 217 Å². The molecule has 15 rings (SSSR count). The van der Waals surface area contributed by atoms with E-state index in [9.17, 15) is 0 Å². The van der Waals surface area contributed by atoms with Crippen LogP contribution in [0.3, 0.4) is 0 Å². The number of benzene rings is 10. The standard InChI is InChI=1S/C65H39N3O/c1-4-17-40(18-5-1)56-39-57(67-64(66-56)41-19-6-2-7-20-41)49-26-16-30-60-61(49)51-38-43(32-36-59(51)69-60)42-31-35-58-50(37-42)47-33-34-55-62(63(47)68(58)44-21-8-3-9-22-44)48-25-12-15-29-54(48)65(55)52-27-13-10-23-45(52)46-24-11-14-28-53(46)65/h1-39H. The van der Waals surface area contributed by atoms with Gasteiger partial charge in [-0.2, -0.15) is 0 Å². The predicted molar refractivity (Wildman–Crippen MR) is 282 cm³/mol. The minimum Gasteiger partial charge on any atom is -0.456 e. The Morgan fingerprint density at radius 2 is 0.942 bits per heavy atom. The van der Waals surface area contributed by atoms with E-state index in [1.165, 1.54) is 66.3 Å². The Bertz CT molecular complexity index is 4140. The summed E-state index contributed by atoms with van der Waals surface area (Å²) in [6.45, 7) is 0. The summed E-state index contributed by atoms with van der Waals surface area (Å²) in [5, 5.41) is 4.51. The Kier molecular flexibility index (Phi) is 7.96. The van der Waals surface area contributed by atoms with Crippen LogP contribution in [0.1, 0.15) is 22.3 Å². The molecule has 0 bridgehead atoms. The zero-order chi connectivity index (χ0) is 45.2. The van der Waals surface area contributed by atoms with Crippen molar-refractivity contribution < 1.29 is 4.42 Å². The van der Waals surface area contributed by atoms with Crippen LogP contribution in [0.25, 0.3) is 117 Å². The van der Waals surface area contributed by atoms with Gasteiger partial charge in [-0.1, -0.05) is 188 Å². The Morgan fingerprint density at radius 3 is 1.67 bits per heavy atom. The van der Waals surface area contributed by atoms with Gasteiger partial charge in [-0.25, -0.2) is 9.97 Å². The van der Waals surface area contributed by atoms with Gasteiger partial charge in [0.15, 0.2) is 5.82 Å². The van der Waals surface area contributed by atoms with Crippen LogP contribution in [-0.4, -0.2) is 14.5 Å². The predicted octanol–water partition coefficient (Wildman–Crippen LogP) is 16.5. The molecule has 0 radical (unpaired) electrons. The summed E-state index contributed by atoms with van der Waals surface area (Å²) in [6, 6.07) is 85.5. The van der Waals surface area contributed by atoms with E-state index in [0.717, 1.165) is 66.8 Å². The smallest absolute Gasteiger partial charge is 0.160 e. The number of para-hydroxylation sites is 1. The lowest BCUT2D eigenvalue weighted by Crippen LogP contribution is -2.25. The summed E-state index contributed by atoms with van der Waals surface area (Å²) in [7, 11) is 0. The van der Waals surface area contributed by atoms with Crippen molar-refractivity contribution in [1.82, 2.24) is 14.5 Å². The molecule has 320 valence electrons. The van der Waals surface area contributed by atoms with E-state index >= 15 is 0 Å². The second kappa shape index (κ2) is 14.4. The number of furan rings is 1. The van der Waals surface area contributed by atoms with Crippen LogP contribution >= 0.6 is 0 Å². The molecule has 4 heteroatoms. The van der Waals surface area contributed by atoms with E-state index in [1.54, 1.807) is 0 Å². The van der Waals surface area contributed by atoms with Gasteiger partial charge in [0.2, 0.25) is 0 Å². The molecule has 0 unspecified atom stereocenters. The highest BCUT2D eigenvalue weighted by Gasteiger charge is 2.52. The minimum atomic E-state index is -0.434. The molecule has 0 saturated carbocycles. The SMILES string of the molecule is c1ccc(-c2cc(-c3cccc4oc5ccc(-c6ccc7c(c6)c6ccc8c(c6n7-c6ccccc6)-c6ccccc6C86c7ccccc7-c7ccccc76)cc5c34)nc(-c3ccccc3)n2)cc1. The van der Waals surface area contributed by atoms with Crippen LogP contribution in [0, 0.1) is 0 Å². The average molecular weight is 878 g/mol. The van der Waals surface area contributed by atoms with Crippen LogP contribution in [0.2, 0.25) is 0 Å². The fourth-order valence-electron chi connectivity index (χ4n) is 12.0. The first kappa shape index (κ1) is 38.0. The molecule has 0 N–H and O–H groups in total. The summed E-state index contributed by atoms with van der Waals surface area (Å²) >= 11 is 0. The fraction of sp³-hybridized carbons (Fsp3) is 0.0154. The minimum absolute atomic E-state index is 0.434. The molecule has 69 heavy (non-hydrogen) atoms. The Labute approximate surface area is 398 Å². The quantitative estimate of drug-likeness (QED) is 0.173. The molecule has 0 atom stereocenters. The number of nitrogens with zero attached hydrogens (tertiary/aromatic N) is 3. The maximum Gasteiger partial charge on any atom is 0.160 e. The van der Waals surface area contributed by atoms with Gasteiger partial charge in [-0.3, -0.25) is 0 Å². The van der Waals surface area contributed by atoms with Crippen molar-refractivity contribution in [3.63, 3.8) is 0 Å². The highest BCUT2D eigenvalue weighted by atomic mass is 16.3. The van der Waals surface area contributed by atoms with Crippen molar-refractivity contribution >= 4 is 43.7 Å². The summed E-state index contributed by atoms with van der Waals surface area (Å²) in [6.07, 6.45) is 0. The molecule has 3 heterocycles. The highest BCUT2D eigenvalue weighted by molar-refractivity contribution is 6.18. The molecular formula is C65H39N3O. The van der Waals surface area contributed by atoms with Crippen molar-refractivity contribution in [3.8, 4) is 73.0 Å². The van der Waals surface area contributed by atoms with Crippen LogP contribution in [0.5, 0.6) is 0 Å². The van der Waals surface area contributed by atoms with Crippen LogP contribution in [-0.2, 0) is 5.41 Å². The van der Waals surface area contributed by atoms with Gasteiger partial charge in [0.05, 0.1) is 27.8 Å². The topological polar surface area (TPSA) is 43.9 Å².